The third-order valence-electron chi connectivity index (χ3n) is 10.4. The fourth-order valence-electron chi connectivity index (χ4n) is 7.47. The van der Waals surface area contributed by atoms with Crippen LogP contribution in [0.3, 0.4) is 0 Å². The van der Waals surface area contributed by atoms with Crippen LogP contribution in [0.1, 0.15) is 130 Å². The minimum Gasteiger partial charge on any atom is -0.0622 e. The molecule has 7 aliphatic rings. The largest absolute Gasteiger partial charge is 0.0622 e. The molecule has 156 valence electrons. The lowest BCUT2D eigenvalue weighted by Gasteiger charge is -2.44. The maximum absolute atomic E-state index is 2.47. The quantitative estimate of drug-likeness (QED) is 0.398. The molecule has 0 radical (unpaired) electrons. The molecule has 4 atom stereocenters. The molecule has 0 N–H and O–H groups in total. The van der Waals surface area contributed by atoms with Gasteiger partial charge < -0.3 is 0 Å². The van der Waals surface area contributed by atoms with E-state index in [9.17, 15) is 0 Å². The van der Waals surface area contributed by atoms with Gasteiger partial charge in [0.15, 0.2) is 0 Å². The zero-order valence-electron chi connectivity index (χ0n) is 18.9. The van der Waals surface area contributed by atoms with E-state index in [4.69, 9.17) is 0 Å². The van der Waals surface area contributed by atoms with Gasteiger partial charge in [0.1, 0.15) is 0 Å². The van der Waals surface area contributed by atoms with Crippen molar-refractivity contribution < 1.29 is 0 Å². The minimum atomic E-state index is 0.786. The average Bonchev–Trinajstić information content (AvgIpc) is 3.42. The maximum Gasteiger partial charge on any atom is -0.0271 e. The van der Waals surface area contributed by atoms with E-state index in [0.29, 0.717) is 0 Å². The molecule has 0 aromatic carbocycles. The summed E-state index contributed by atoms with van der Waals surface area (Å²) in [5, 5.41) is 0. The molecule has 27 heavy (non-hydrogen) atoms. The van der Waals surface area contributed by atoms with Crippen LogP contribution in [0.15, 0.2) is 0 Å². The lowest BCUT2D eigenvalue weighted by atomic mass is 9.61. The van der Waals surface area contributed by atoms with E-state index in [0.717, 1.165) is 40.4 Å². The molecule has 7 aliphatic carbocycles. The second-order valence-electron chi connectivity index (χ2n) is 12.2. The van der Waals surface area contributed by atoms with Gasteiger partial charge in [-0.25, -0.2) is 0 Å². The molecule has 0 nitrogen and oxygen atoms in total. The molecule has 7 fully saturated rings. The standard InChI is InChI=1S/3C9H16/c1-9-5-2-8(3-6-9)4-7-9;1-7-3-2-4-8-5-6-9(7)8;1-8-4-2-3-5-9(8)6-7-9/h8H,2-7H2,1H3;7-9H,2-6H2,1H3;8H,2-7H2,1H3. The molecule has 7 saturated carbocycles. The molecule has 7 rings (SSSR count). The predicted octanol–water partition coefficient (Wildman–Crippen LogP) is 8.79. The highest BCUT2D eigenvalue weighted by Gasteiger charge is 2.47. The lowest BCUT2D eigenvalue weighted by Crippen LogP contribution is -2.34. The summed E-state index contributed by atoms with van der Waals surface area (Å²) in [5.41, 5.74) is 1.67. The molecule has 0 heterocycles. The third kappa shape index (κ3) is 4.78. The normalized spacial score (nSPS) is 46.1. The van der Waals surface area contributed by atoms with Gasteiger partial charge in [-0.1, -0.05) is 59.3 Å². The topological polar surface area (TPSA) is 0 Å². The lowest BCUT2D eigenvalue weighted by molar-refractivity contribution is 0.0622. The van der Waals surface area contributed by atoms with Gasteiger partial charge in [-0.2, -0.15) is 0 Å². The highest BCUT2D eigenvalue weighted by Crippen LogP contribution is 2.59. The van der Waals surface area contributed by atoms with Gasteiger partial charge in [-0.05, 0) is 111 Å². The Bertz CT molecular complexity index is 445. The average molecular weight is 373 g/mol. The Morgan fingerprint density at radius 1 is 0.593 bits per heavy atom. The van der Waals surface area contributed by atoms with Crippen LogP contribution in [0, 0.1) is 40.4 Å². The first kappa shape index (κ1) is 20.3. The predicted molar refractivity (Wildman–Crippen MR) is 118 cm³/mol. The Balaban J connectivity index is 0.0000001000. The highest BCUT2D eigenvalue weighted by molar-refractivity contribution is 4.98. The van der Waals surface area contributed by atoms with E-state index < -0.39 is 0 Å². The first-order chi connectivity index (χ1) is 13.0. The molecule has 0 aromatic rings. The van der Waals surface area contributed by atoms with Gasteiger partial charge in [-0.15, -0.1) is 0 Å². The van der Waals surface area contributed by atoms with Gasteiger partial charge in [0, 0.05) is 0 Å². The number of hydrogen-bond donors (Lipinski definition) is 0. The Hall–Kier alpha value is 0. The molecule has 0 aliphatic heterocycles. The Kier molecular flexibility index (Phi) is 6.30. The summed E-state index contributed by atoms with van der Waals surface area (Å²) >= 11 is 0. The number of hydrogen-bond acceptors (Lipinski definition) is 0. The molecular formula is C27H48. The summed E-state index contributed by atoms with van der Waals surface area (Å²) in [7, 11) is 0. The molecule has 0 aromatic heterocycles. The molecule has 0 saturated heterocycles. The first-order valence-electron chi connectivity index (χ1n) is 13.0. The zero-order chi connectivity index (χ0) is 18.9. The Morgan fingerprint density at radius 3 is 1.67 bits per heavy atom. The highest BCUT2D eigenvalue weighted by atomic mass is 14.5. The molecule has 2 bridgehead atoms. The van der Waals surface area contributed by atoms with Crippen molar-refractivity contribution in [2.24, 2.45) is 40.4 Å². The smallest absolute Gasteiger partial charge is 0.0271 e. The van der Waals surface area contributed by atoms with E-state index in [1.54, 1.807) is 38.5 Å². The first-order valence-corrected chi connectivity index (χ1v) is 13.0. The summed E-state index contributed by atoms with van der Waals surface area (Å²) in [4.78, 5) is 0. The second kappa shape index (κ2) is 8.39. The SMILES string of the molecule is CC12CCC(CC1)CC2.CC1CCCC2CCC12.CC1CCCCC12CC2. The fourth-order valence-corrected chi connectivity index (χ4v) is 7.47. The van der Waals surface area contributed by atoms with Crippen LogP contribution < -0.4 is 0 Å². The monoisotopic (exact) mass is 372 g/mol. The summed E-state index contributed by atoms with van der Waals surface area (Å²) in [6.45, 7) is 7.37. The van der Waals surface area contributed by atoms with Crippen molar-refractivity contribution in [3.63, 3.8) is 0 Å². The van der Waals surface area contributed by atoms with Crippen molar-refractivity contribution in [2.75, 3.05) is 0 Å². The minimum absolute atomic E-state index is 0.786. The van der Waals surface area contributed by atoms with Crippen LogP contribution in [0.25, 0.3) is 0 Å². The van der Waals surface area contributed by atoms with Gasteiger partial charge in [0.05, 0.1) is 0 Å². The van der Waals surface area contributed by atoms with Crippen LogP contribution in [-0.4, -0.2) is 0 Å². The van der Waals surface area contributed by atoms with Crippen molar-refractivity contribution in [3.8, 4) is 0 Å². The zero-order valence-corrected chi connectivity index (χ0v) is 18.9. The molecule has 1 spiro atoms. The van der Waals surface area contributed by atoms with Crippen LogP contribution in [0.2, 0.25) is 0 Å². The van der Waals surface area contributed by atoms with Crippen molar-refractivity contribution in [3.05, 3.63) is 0 Å². The van der Waals surface area contributed by atoms with Crippen LogP contribution in [-0.2, 0) is 0 Å². The van der Waals surface area contributed by atoms with Crippen molar-refractivity contribution in [1.82, 2.24) is 0 Å². The Labute approximate surface area is 170 Å². The van der Waals surface area contributed by atoms with E-state index in [-0.39, 0.29) is 0 Å². The number of rotatable bonds is 0. The molecule has 4 unspecified atom stereocenters. The van der Waals surface area contributed by atoms with Crippen molar-refractivity contribution in [1.29, 1.82) is 0 Å². The van der Waals surface area contributed by atoms with E-state index in [2.05, 4.69) is 20.8 Å². The van der Waals surface area contributed by atoms with E-state index in [1.807, 2.05) is 0 Å². The number of fused-ring (bicyclic) bond motifs is 4. The van der Waals surface area contributed by atoms with Crippen molar-refractivity contribution >= 4 is 0 Å². The molecule has 0 amide bonds. The van der Waals surface area contributed by atoms with Crippen LogP contribution >= 0.6 is 0 Å². The van der Waals surface area contributed by atoms with E-state index >= 15 is 0 Å². The summed E-state index contributed by atoms with van der Waals surface area (Å²) in [6.07, 6.45) is 26.1. The summed E-state index contributed by atoms with van der Waals surface area (Å²) in [6, 6.07) is 0. The second-order valence-corrected chi connectivity index (χ2v) is 12.2. The molecular weight excluding hydrogens is 324 g/mol. The summed E-state index contributed by atoms with van der Waals surface area (Å²) in [5.74, 6) is 5.57. The van der Waals surface area contributed by atoms with Gasteiger partial charge in [0.2, 0.25) is 0 Å². The van der Waals surface area contributed by atoms with Crippen LogP contribution in [0.5, 0.6) is 0 Å². The third-order valence-corrected chi connectivity index (χ3v) is 10.4. The van der Waals surface area contributed by atoms with Gasteiger partial charge in [-0.3, -0.25) is 0 Å². The van der Waals surface area contributed by atoms with Crippen molar-refractivity contribution in [2.45, 2.75) is 130 Å². The van der Waals surface area contributed by atoms with Gasteiger partial charge in [0.25, 0.3) is 0 Å². The van der Waals surface area contributed by atoms with Crippen LogP contribution in [0.4, 0.5) is 0 Å². The summed E-state index contributed by atoms with van der Waals surface area (Å²) < 4.78 is 0. The maximum atomic E-state index is 2.47. The molecule has 0 heteroatoms. The van der Waals surface area contributed by atoms with E-state index in [1.165, 1.54) is 70.6 Å². The Morgan fingerprint density at radius 2 is 1.30 bits per heavy atom. The van der Waals surface area contributed by atoms with Gasteiger partial charge >= 0.3 is 0 Å². The fraction of sp³-hybridized carbons (Fsp3) is 1.00.